The van der Waals surface area contributed by atoms with E-state index in [-0.39, 0.29) is 4.90 Å². The van der Waals surface area contributed by atoms with Crippen LogP contribution in [0.1, 0.15) is 5.56 Å². The Balaban J connectivity index is 1.86. The molecule has 4 aromatic rings. The number of sulfonamides is 1. The van der Waals surface area contributed by atoms with E-state index in [0.717, 1.165) is 33.1 Å². The van der Waals surface area contributed by atoms with Gasteiger partial charge in [-0.3, -0.25) is 0 Å². The van der Waals surface area contributed by atoms with Gasteiger partial charge in [-0.05, 0) is 29.8 Å². The van der Waals surface area contributed by atoms with Crippen molar-refractivity contribution >= 4 is 31.8 Å². The van der Waals surface area contributed by atoms with Gasteiger partial charge in [-0.2, -0.15) is 10.2 Å². The monoisotopic (exact) mass is 368 g/mol. The molecule has 0 bridgehead atoms. The van der Waals surface area contributed by atoms with Crippen molar-refractivity contribution in [3.8, 4) is 5.75 Å². The van der Waals surface area contributed by atoms with Gasteiger partial charge in [-0.25, -0.2) is 13.6 Å². The van der Waals surface area contributed by atoms with Crippen LogP contribution in [0, 0.1) is 0 Å². The third-order valence-electron chi connectivity index (χ3n) is 4.38. The Hall–Kier alpha value is -2.97. The number of hydrogen-bond donors (Lipinski definition) is 1. The summed E-state index contributed by atoms with van der Waals surface area (Å²) in [6, 6.07) is 12.4. The Kier molecular flexibility index (Phi) is 3.86. The molecule has 2 heterocycles. The summed E-state index contributed by atoms with van der Waals surface area (Å²) < 4.78 is 30.3. The Labute approximate surface area is 150 Å². The molecule has 132 valence electrons. The molecular formula is C18H16N4O3S. The second-order valence-electron chi connectivity index (χ2n) is 5.95. The molecule has 0 aliphatic rings. The number of methoxy groups -OCH3 is 1. The number of nitrogens with two attached hydrogens (primary N) is 1. The van der Waals surface area contributed by atoms with E-state index >= 15 is 0 Å². The van der Waals surface area contributed by atoms with Crippen LogP contribution >= 0.6 is 0 Å². The maximum absolute atomic E-state index is 11.4. The number of benzene rings is 2. The molecule has 0 aliphatic carbocycles. The van der Waals surface area contributed by atoms with Crippen LogP contribution in [-0.4, -0.2) is 30.3 Å². The van der Waals surface area contributed by atoms with Gasteiger partial charge in [0.15, 0.2) is 0 Å². The summed E-state index contributed by atoms with van der Waals surface area (Å²) in [4.78, 5) is 0.0935. The Bertz CT molecular complexity index is 1210. The fourth-order valence-corrected chi connectivity index (χ4v) is 3.61. The lowest BCUT2D eigenvalue weighted by molar-refractivity contribution is 0.415. The summed E-state index contributed by atoms with van der Waals surface area (Å²) in [7, 11) is -2.07. The maximum atomic E-state index is 11.4. The highest BCUT2D eigenvalue weighted by Crippen LogP contribution is 2.31. The minimum atomic E-state index is -3.70. The van der Waals surface area contributed by atoms with Crippen LogP contribution in [0.15, 0.2) is 59.8 Å². The standard InChI is InChI=1S/C18H16N4O3S/c1-25-13-4-7-15-16-9-20-21-10-18(16)22(17(15)8-13)11-12-2-5-14(6-3-12)26(19,23)24/h2-10H,11H2,1H3,(H2,19,23,24). The second kappa shape index (κ2) is 6.08. The first-order valence-corrected chi connectivity index (χ1v) is 9.40. The quantitative estimate of drug-likeness (QED) is 0.596. The molecule has 0 atom stereocenters. The number of primary sulfonamides is 1. The molecule has 26 heavy (non-hydrogen) atoms. The van der Waals surface area contributed by atoms with Crippen LogP contribution in [0.5, 0.6) is 5.75 Å². The molecule has 0 saturated heterocycles. The van der Waals surface area contributed by atoms with Crippen molar-refractivity contribution in [3.63, 3.8) is 0 Å². The molecule has 0 unspecified atom stereocenters. The fourth-order valence-electron chi connectivity index (χ4n) is 3.09. The molecule has 0 fully saturated rings. The van der Waals surface area contributed by atoms with Crippen molar-refractivity contribution in [3.05, 3.63) is 60.4 Å². The van der Waals surface area contributed by atoms with Gasteiger partial charge in [-0.1, -0.05) is 12.1 Å². The van der Waals surface area contributed by atoms with Gasteiger partial charge in [0.2, 0.25) is 10.0 Å². The Morgan fingerprint density at radius 3 is 2.42 bits per heavy atom. The van der Waals surface area contributed by atoms with Crippen LogP contribution in [0.2, 0.25) is 0 Å². The van der Waals surface area contributed by atoms with Gasteiger partial charge in [-0.15, -0.1) is 0 Å². The number of fused-ring (bicyclic) bond motifs is 3. The normalized spacial score (nSPS) is 11.9. The van der Waals surface area contributed by atoms with Crippen LogP contribution in [0.3, 0.4) is 0 Å². The fraction of sp³-hybridized carbons (Fsp3) is 0.111. The third-order valence-corrected chi connectivity index (χ3v) is 5.31. The summed E-state index contributed by atoms with van der Waals surface area (Å²) in [6.45, 7) is 0.545. The van der Waals surface area contributed by atoms with E-state index in [4.69, 9.17) is 9.88 Å². The minimum Gasteiger partial charge on any atom is -0.497 e. The van der Waals surface area contributed by atoms with Crippen molar-refractivity contribution in [1.82, 2.24) is 14.8 Å². The second-order valence-corrected chi connectivity index (χ2v) is 7.51. The van der Waals surface area contributed by atoms with Crippen LogP contribution < -0.4 is 9.88 Å². The Morgan fingerprint density at radius 1 is 1.00 bits per heavy atom. The summed E-state index contributed by atoms with van der Waals surface area (Å²) in [5.74, 6) is 0.757. The summed E-state index contributed by atoms with van der Waals surface area (Å²) in [5, 5.41) is 15.2. The molecule has 0 radical (unpaired) electrons. The van der Waals surface area contributed by atoms with Crippen molar-refractivity contribution in [2.45, 2.75) is 11.4 Å². The van der Waals surface area contributed by atoms with Crippen LogP contribution in [0.25, 0.3) is 21.8 Å². The van der Waals surface area contributed by atoms with Crippen molar-refractivity contribution < 1.29 is 13.2 Å². The first-order chi connectivity index (χ1) is 12.5. The van der Waals surface area contributed by atoms with Crippen molar-refractivity contribution in [1.29, 1.82) is 0 Å². The lowest BCUT2D eigenvalue weighted by atomic mass is 10.2. The van der Waals surface area contributed by atoms with E-state index in [9.17, 15) is 8.42 Å². The number of nitrogens with zero attached hydrogens (tertiary/aromatic N) is 3. The van der Waals surface area contributed by atoms with Crippen molar-refractivity contribution in [2.75, 3.05) is 7.11 Å². The maximum Gasteiger partial charge on any atom is 0.238 e. The van der Waals surface area contributed by atoms with E-state index < -0.39 is 10.0 Å². The predicted molar refractivity (Wildman–Crippen MR) is 98.5 cm³/mol. The molecule has 4 rings (SSSR count). The molecule has 8 heteroatoms. The molecule has 2 aromatic carbocycles. The largest absolute Gasteiger partial charge is 0.497 e. The highest BCUT2D eigenvalue weighted by atomic mass is 32.2. The zero-order valence-corrected chi connectivity index (χ0v) is 14.8. The zero-order chi connectivity index (χ0) is 18.3. The van der Waals surface area contributed by atoms with Crippen LogP contribution in [-0.2, 0) is 16.6 Å². The predicted octanol–water partition coefficient (Wildman–Crippen LogP) is 2.29. The number of hydrogen-bond acceptors (Lipinski definition) is 5. The first kappa shape index (κ1) is 16.5. The van der Waals surface area contributed by atoms with Gasteiger partial charge < -0.3 is 9.30 Å². The van der Waals surface area contributed by atoms with Gasteiger partial charge >= 0.3 is 0 Å². The molecule has 2 N–H and O–H groups in total. The summed E-state index contributed by atoms with van der Waals surface area (Å²) in [5.41, 5.74) is 2.87. The van der Waals surface area contributed by atoms with E-state index in [2.05, 4.69) is 14.8 Å². The molecular weight excluding hydrogens is 352 g/mol. The zero-order valence-electron chi connectivity index (χ0n) is 14.0. The molecule has 0 aliphatic heterocycles. The molecule has 0 amide bonds. The van der Waals surface area contributed by atoms with Gasteiger partial charge in [0, 0.05) is 23.4 Å². The SMILES string of the molecule is COc1ccc2c3cnncc3n(Cc3ccc(S(N)(=O)=O)cc3)c2c1. The molecule has 0 saturated carbocycles. The van der Waals surface area contributed by atoms with Crippen LogP contribution in [0.4, 0.5) is 0 Å². The van der Waals surface area contributed by atoms with E-state index in [1.54, 1.807) is 31.6 Å². The topological polar surface area (TPSA) is 100 Å². The van der Waals surface area contributed by atoms with Gasteiger partial charge in [0.1, 0.15) is 5.75 Å². The van der Waals surface area contributed by atoms with E-state index in [0.29, 0.717) is 6.54 Å². The molecule has 0 spiro atoms. The average Bonchev–Trinajstić information content (AvgIpc) is 2.95. The van der Waals surface area contributed by atoms with E-state index in [1.807, 2.05) is 18.2 Å². The lowest BCUT2D eigenvalue weighted by Gasteiger charge is -2.09. The lowest BCUT2D eigenvalue weighted by Crippen LogP contribution is -2.12. The number of ether oxygens (including phenoxy) is 1. The van der Waals surface area contributed by atoms with Gasteiger partial charge in [0.25, 0.3) is 0 Å². The number of aromatic nitrogens is 3. The summed E-state index contributed by atoms with van der Waals surface area (Å²) >= 11 is 0. The van der Waals surface area contributed by atoms with Gasteiger partial charge in [0.05, 0.1) is 35.4 Å². The highest BCUT2D eigenvalue weighted by molar-refractivity contribution is 7.89. The van der Waals surface area contributed by atoms with Crippen molar-refractivity contribution in [2.24, 2.45) is 5.14 Å². The minimum absolute atomic E-state index is 0.0935. The number of rotatable bonds is 4. The first-order valence-electron chi connectivity index (χ1n) is 7.86. The Morgan fingerprint density at radius 2 is 1.73 bits per heavy atom. The molecule has 2 aromatic heterocycles. The summed E-state index contributed by atoms with van der Waals surface area (Å²) in [6.07, 6.45) is 3.46. The molecule has 7 nitrogen and oxygen atoms in total. The smallest absolute Gasteiger partial charge is 0.238 e. The van der Waals surface area contributed by atoms with E-state index in [1.165, 1.54) is 12.1 Å². The highest BCUT2D eigenvalue weighted by Gasteiger charge is 2.13. The average molecular weight is 368 g/mol. The third kappa shape index (κ3) is 2.79.